The SMILES string of the molecule is CNC(=O)Cc1cc(=O)n2[nH]cnc2n1. The minimum atomic E-state index is -0.281. The monoisotopic (exact) mass is 207 g/mol. The van der Waals surface area contributed by atoms with Crippen LogP contribution in [0.4, 0.5) is 0 Å². The first-order chi connectivity index (χ1) is 7.20. The topological polar surface area (TPSA) is 92.2 Å². The van der Waals surface area contributed by atoms with Crippen molar-refractivity contribution in [2.75, 3.05) is 7.05 Å². The third-order valence-electron chi connectivity index (χ3n) is 1.94. The van der Waals surface area contributed by atoms with Gasteiger partial charge in [-0.2, -0.15) is 4.52 Å². The Bertz CT molecular complexity index is 555. The zero-order valence-corrected chi connectivity index (χ0v) is 8.02. The maximum atomic E-state index is 11.5. The van der Waals surface area contributed by atoms with Gasteiger partial charge in [0, 0.05) is 13.1 Å². The first kappa shape index (κ1) is 9.38. The van der Waals surface area contributed by atoms with Crippen LogP contribution >= 0.6 is 0 Å². The van der Waals surface area contributed by atoms with Gasteiger partial charge in [0.05, 0.1) is 12.1 Å². The smallest absolute Gasteiger partial charge is 0.274 e. The third kappa shape index (κ3) is 1.71. The highest BCUT2D eigenvalue weighted by molar-refractivity contribution is 5.77. The number of fused-ring (bicyclic) bond motifs is 1. The van der Waals surface area contributed by atoms with E-state index in [9.17, 15) is 9.59 Å². The molecule has 7 heteroatoms. The summed E-state index contributed by atoms with van der Waals surface area (Å²) in [6.07, 6.45) is 1.45. The van der Waals surface area contributed by atoms with Crippen molar-refractivity contribution in [1.82, 2.24) is 24.9 Å². The Labute approximate surface area is 84.1 Å². The molecule has 78 valence electrons. The van der Waals surface area contributed by atoms with Gasteiger partial charge in [-0.15, -0.1) is 0 Å². The van der Waals surface area contributed by atoms with Gasteiger partial charge in [0.25, 0.3) is 11.3 Å². The minimum Gasteiger partial charge on any atom is -0.359 e. The molecular weight excluding hydrogens is 198 g/mol. The van der Waals surface area contributed by atoms with Crippen LogP contribution in [-0.2, 0) is 11.2 Å². The summed E-state index contributed by atoms with van der Waals surface area (Å²) >= 11 is 0. The lowest BCUT2D eigenvalue weighted by molar-refractivity contribution is -0.120. The summed E-state index contributed by atoms with van der Waals surface area (Å²) in [7, 11) is 1.53. The maximum Gasteiger partial charge on any atom is 0.274 e. The molecule has 0 fully saturated rings. The molecule has 0 saturated carbocycles. The molecule has 15 heavy (non-hydrogen) atoms. The van der Waals surface area contributed by atoms with Gasteiger partial charge >= 0.3 is 0 Å². The number of aromatic nitrogens is 4. The average Bonchev–Trinajstić information content (AvgIpc) is 2.66. The Balaban J connectivity index is 2.45. The standard InChI is InChI=1S/C8H9N5O2/c1-9-6(14)2-5-3-7(15)13-8(12-5)10-4-11-13/h3-4H,2H2,1H3,(H,9,14)(H,10,11,12). The fourth-order valence-corrected chi connectivity index (χ4v) is 1.21. The average molecular weight is 207 g/mol. The summed E-state index contributed by atoms with van der Waals surface area (Å²) in [6.45, 7) is 0. The predicted octanol–water partition coefficient (Wildman–Crippen LogP) is -1.29. The molecule has 2 aromatic heterocycles. The van der Waals surface area contributed by atoms with E-state index in [2.05, 4.69) is 20.4 Å². The lowest BCUT2D eigenvalue weighted by Gasteiger charge is -1.98. The van der Waals surface area contributed by atoms with E-state index in [-0.39, 0.29) is 23.7 Å². The normalized spacial score (nSPS) is 10.5. The van der Waals surface area contributed by atoms with Gasteiger partial charge in [-0.05, 0) is 0 Å². The summed E-state index contributed by atoms with van der Waals surface area (Å²) in [5, 5.41) is 5.07. The Kier molecular flexibility index (Phi) is 2.20. The van der Waals surface area contributed by atoms with E-state index in [4.69, 9.17) is 0 Å². The Morgan fingerprint density at radius 1 is 1.67 bits per heavy atom. The van der Waals surface area contributed by atoms with Crippen LogP contribution in [0.5, 0.6) is 0 Å². The number of rotatable bonds is 2. The second-order valence-corrected chi connectivity index (χ2v) is 2.96. The lowest BCUT2D eigenvalue weighted by atomic mass is 10.3. The van der Waals surface area contributed by atoms with Crippen LogP contribution in [0, 0.1) is 0 Å². The molecule has 0 aliphatic carbocycles. The Hall–Kier alpha value is -2.18. The summed E-state index contributed by atoms with van der Waals surface area (Å²) in [5.41, 5.74) is 0.128. The molecule has 0 saturated heterocycles. The second kappa shape index (κ2) is 3.52. The molecule has 7 nitrogen and oxygen atoms in total. The van der Waals surface area contributed by atoms with E-state index in [0.29, 0.717) is 5.69 Å². The number of carbonyl (C=O) groups excluding carboxylic acids is 1. The van der Waals surface area contributed by atoms with Gasteiger partial charge in [0.2, 0.25) is 5.91 Å². The van der Waals surface area contributed by atoms with Crippen molar-refractivity contribution in [3.63, 3.8) is 0 Å². The highest BCUT2D eigenvalue weighted by Crippen LogP contribution is 1.95. The van der Waals surface area contributed by atoms with Crippen LogP contribution in [0.3, 0.4) is 0 Å². The Morgan fingerprint density at radius 2 is 2.47 bits per heavy atom. The molecule has 0 aromatic carbocycles. The third-order valence-corrected chi connectivity index (χ3v) is 1.94. The van der Waals surface area contributed by atoms with Gasteiger partial charge in [-0.1, -0.05) is 0 Å². The fourth-order valence-electron chi connectivity index (χ4n) is 1.21. The number of hydrogen-bond acceptors (Lipinski definition) is 4. The number of aromatic amines is 1. The number of amides is 1. The first-order valence-corrected chi connectivity index (χ1v) is 4.33. The lowest BCUT2D eigenvalue weighted by Crippen LogP contribution is -2.23. The molecule has 2 aromatic rings. The second-order valence-electron chi connectivity index (χ2n) is 2.96. The molecule has 1 amide bonds. The van der Waals surface area contributed by atoms with Crippen LogP contribution in [-0.4, -0.2) is 32.5 Å². The van der Waals surface area contributed by atoms with Crippen molar-refractivity contribution >= 4 is 11.7 Å². The highest BCUT2D eigenvalue weighted by atomic mass is 16.1. The molecular formula is C8H9N5O2. The quantitative estimate of drug-likeness (QED) is 0.640. The summed E-state index contributed by atoms with van der Waals surface area (Å²) in [6, 6.07) is 1.31. The van der Waals surface area contributed by atoms with Crippen LogP contribution in [0.2, 0.25) is 0 Å². The van der Waals surface area contributed by atoms with E-state index < -0.39 is 0 Å². The summed E-state index contributed by atoms with van der Waals surface area (Å²) < 4.78 is 1.20. The molecule has 0 atom stereocenters. The highest BCUT2D eigenvalue weighted by Gasteiger charge is 2.07. The molecule has 0 radical (unpaired) electrons. The summed E-state index contributed by atoms with van der Waals surface area (Å²) in [5.74, 6) is 0.0724. The first-order valence-electron chi connectivity index (χ1n) is 4.33. The molecule has 2 heterocycles. The summed E-state index contributed by atoms with van der Waals surface area (Å²) in [4.78, 5) is 30.4. The minimum absolute atomic E-state index is 0.0785. The van der Waals surface area contributed by atoms with Crippen molar-refractivity contribution in [2.45, 2.75) is 6.42 Å². The van der Waals surface area contributed by atoms with Crippen molar-refractivity contribution in [3.8, 4) is 0 Å². The fraction of sp³-hybridized carbons (Fsp3) is 0.250. The zero-order chi connectivity index (χ0) is 10.8. The molecule has 0 spiro atoms. The zero-order valence-electron chi connectivity index (χ0n) is 8.02. The van der Waals surface area contributed by atoms with E-state index in [0.717, 1.165) is 0 Å². The molecule has 0 aliphatic heterocycles. The van der Waals surface area contributed by atoms with Gasteiger partial charge in [0.15, 0.2) is 0 Å². The van der Waals surface area contributed by atoms with Crippen molar-refractivity contribution < 1.29 is 4.79 Å². The number of hydrogen-bond donors (Lipinski definition) is 2. The van der Waals surface area contributed by atoms with Crippen LogP contribution < -0.4 is 10.9 Å². The van der Waals surface area contributed by atoms with Gasteiger partial charge < -0.3 is 5.32 Å². The van der Waals surface area contributed by atoms with Gasteiger partial charge in [0.1, 0.15) is 6.33 Å². The van der Waals surface area contributed by atoms with Gasteiger partial charge in [-0.3, -0.25) is 14.7 Å². The number of likely N-dealkylation sites (N-methyl/N-ethyl adjacent to an activating group) is 1. The van der Waals surface area contributed by atoms with Crippen molar-refractivity contribution in [2.24, 2.45) is 0 Å². The molecule has 0 unspecified atom stereocenters. The van der Waals surface area contributed by atoms with Crippen LogP contribution in [0.15, 0.2) is 17.2 Å². The maximum absolute atomic E-state index is 11.5. The largest absolute Gasteiger partial charge is 0.359 e. The van der Waals surface area contributed by atoms with Gasteiger partial charge in [-0.25, -0.2) is 9.97 Å². The molecule has 2 N–H and O–H groups in total. The van der Waals surface area contributed by atoms with E-state index >= 15 is 0 Å². The van der Waals surface area contributed by atoms with E-state index in [1.54, 1.807) is 0 Å². The molecule has 2 rings (SSSR count). The molecule has 0 bridgehead atoms. The number of nitrogens with zero attached hydrogens (tertiary/aromatic N) is 3. The number of nitrogens with one attached hydrogen (secondary N) is 2. The van der Waals surface area contributed by atoms with Crippen LogP contribution in [0.25, 0.3) is 5.78 Å². The predicted molar refractivity (Wildman–Crippen MR) is 51.4 cm³/mol. The van der Waals surface area contributed by atoms with E-state index in [1.807, 2.05) is 0 Å². The van der Waals surface area contributed by atoms with Crippen molar-refractivity contribution in [3.05, 3.63) is 28.4 Å². The van der Waals surface area contributed by atoms with E-state index in [1.165, 1.54) is 24.0 Å². The van der Waals surface area contributed by atoms with Crippen LogP contribution in [0.1, 0.15) is 5.69 Å². The van der Waals surface area contributed by atoms with Crippen molar-refractivity contribution in [1.29, 1.82) is 0 Å². The number of H-pyrrole nitrogens is 1. The Morgan fingerprint density at radius 3 is 3.20 bits per heavy atom. The molecule has 0 aliphatic rings. The number of carbonyl (C=O) groups is 1.